The lowest BCUT2D eigenvalue weighted by Gasteiger charge is -2.27. The van der Waals surface area contributed by atoms with Crippen LogP contribution >= 0.6 is 0 Å². The van der Waals surface area contributed by atoms with Crippen molar-refractivity contribution < 1.29 is 4.42 Å². The molecule has 2 nitrogen and oxygen atoms in total. The molecule has 66 valence electrons. The van der Waals surface area contributed by atoms with Gasteiger partial charge >= 0.3 is 0 Å². The van der Waals surface area contributed by atoms with Crippen molar-refractivity contribution in [1.82, 2.24) is 5.32 Å². The Morgan fingerprint density at radius 3 is 3.08 bits per heavy atom. The highest BCUT2D eigenvalue weighted by atomic mass is 16.3. The third kappa shape index (κ3) is 1.07. The van der Waals surface area contributed by atoms with E-state index in [2.05, 4.69) is 12.2 Å². The fourth-order valence-corrected chi connectivity index (χ4v) is 2.11. The molecule has 2 unspecified atom stereocenters. The molecule has 0 bridgehead atoms. The van der Waals surface area contributed by atoms with Crippen molar-refractivity contribution in [3.8, 4) is 0 Å². The lowest BCUT2D eigenvalue weighted by atomic mass is 9.83. The molecule has 0 saturated heterocycles. The number of nitrogens with one attached hydrogen (secondary N) is 1. The Bertz CT molecular complexity index is 267. The van der Waals surface area contributed by atoms with Crippen molar-refractivity contribution >= 4 is 0 Å². The molecule has 12 heavy (non-hydrogen) atoms. The summed E-state index contributed by atoms with van der Waals surface area (Å²) in [5, 5.41) is 3.34. The summed E-state index contributed by atoms with van der Waals surface area (Å²) in [4.78, 5) is 0. The van der Waals surface area contributed by atoms with Crippen LogP contribution in [-0.2, 0) is 6.42 Å². The van der Waals surface area contributed by atoms with Crippen molar-refractivity contribution in [2.45, 2.75) is 25.8 Å². The number of hydrogen-bond acceptors (Lipinski definition) is 2. The van der Waals surface area contributed by atoms with E-state index in [-0.39, 0.29) is 0 Å². The minimum Gasteiger partial charge on any atom is -0.472 e. The number of furan rings is 1. The third-order valence-electron chi connectivity index (χ3n) is 2.86. The Hall–Kier alpha value is -0.760. The highest BCUT2D eigenvalue weighted by molar-refractivity contribution is 5.27. The SMILES string of the molecule is CNC1c2cocc2CCC1C. The molecular formula is C10H15NO. The standard InChI is InChI=1S/C10H15NO/c1-7-3-4-8-5-12-6-9(8)10(7)11-2/h5-7,10-11H,3-4H2,1-2H3. The van der Waals surface area contributed by atoms with Gasteiger partial charge in [0.2, 0.25) is 0 Å². The van der Waals surface area contributed by atoms with Gasteiger partial charge in [0.05, 0.1) is 12.5 Å². The Morgan fingerprint density at radius 2 is 2.33 bits per heavy atom. The van der Waals surface area contributed by atoms with E-state index in [9.17, 15) is 0 Å². The first-order valence-corrected chi connectivity index (χ1v) is 4.55. The van der Waals surface area contributed by atoms with Crippen LogP contribution in [0.2, 0.25) is 0 Å². The van der Waals surface area contributed by atoms with E-state index < -0.39 is 0 Å². The second-order valence-corrected chi connectivity index (χ2v) is 3.63. The Labute approximate surface area is 73.0 Å². The maximum Gasteiger partial charge on any atom is 0.0953 e. The molecule has 0 aliphatic heterocycles. The summed E-state index contributed by atoms with van der Waals surface area (Å²) >= 11 is 0. The molecule has 0 radical (unpaired) electrons. The highest BCUT2D eigenvalue weighted by Gasteiger charge is 2.26. The van der Waals surface area contributed by atoms with Gasteiger partial charge < -0.3 is 9.73 Å². The minimum atomic E-state index is 0.493. The molecule has 1 N–H and O–H groups in total. The first-order chi connectivity index (χ1) is 5.83. The summed E-state index contributed by atoms with van der Waals surface area (Å²) in [5.41, 5.74) is 2.74. The van der Waals surface area contributed by atoms with E-state index in [0.717, 1.165) is 5.92 Å². The summed E-state index contributed by atoms with van der Waals surface area (Å²) in [6.07, 6.45) is 6.20. The molecule has 0 saturated carbocycles. The van der Waals surface area contributed by atoms with Gasteiger partial charge in [-0.2, -0.15) is 0 Å². The monoisotopic (exact) mass is 165 g/mol. The van der Waals surface area contributed by atoms with Crippen molar-refractivity contribution in [3.63, 3.8) is 0 Å². The van der Waals surface area contributed by atoms with Crippen LogP contribution in [0.5, 0.6) is 0 Å². The lowest BCUT2D eigenvalue weighted by Crippen LogP contribution is -2.27. The topological polar surface area (TPSA) is 25.2 Å². The van der Waals surface area contributed by atoms with E-state index in [1.54, 1.807) is 0 Å². The van der Waals surface area contributed by atoms with Crippen LogP contribution in [0.1, 0.15) is 30.5 Å². The average molecular weight is 165 g/mol. The molecule has 0 spiro atoms. The highest BCUT2D eigenvalue weighted by Crippen LogP contribution is 2.34. The summed E-state index contributed by atoms with van der Waals surface area (Å²) in [6, 6.07) is 0.493. The van der Waals surface area contributed by atoms with Crippen LogP contribution in [-0.4, -0.2) is 7.05 Å². The largest absolute Gasteiger partial charge is 0.472 e. The fraction of sp³-hybridized carbons (Fsp3) is 0.600. The normalized spacial score (nSPS) is 28.5. The molecule has 1 aliphatic carbocycles. The number of hydrogen-bond donors (Lipinski definition) is 1. The summed E-state index contributed by atoms with van der Waals surface area (Å²) in [7, 11) is 2.02. The summed E-state index contributed by atoms with van der Waals surface area (Å²) in [5.74, 6) is 0.722. The summed E-state index contributed by atoms with van der Waals surface area (Å²) < 4.78 is 5.21. The third-order valence-corrected chi connectivity index (χ3v) is 2.86. The first-order valence-electron chi connectivity index (χ1n) is 4.55. The summed E-state index contributed by atoms with van der Waals surface area (Å²) in [6.45, 7) is 2.29. The molecule has 0 aromatic carbocycles. The van der Waals surface area contributed by atoms with Crippen LogP contribution in [0, 0.1) is 5.92 Å². The number of aryl methyl sites for hydroxylation is 1. The van der Waals surface area contributed by atoms with Gasteiger partial charge in [-0.15, -0.1) is 0 Å². The van der Waals surface area contributed by atoms with Gasteiger partial charge in [-0.3, -0.25) is 0 Å². The minimum absolute atomic E-state index is 0.493. The Kier molecular flexibility index (Phi) is 1.93. The predicted molar refractivity (Wildman–Crippen MR) is 48.0 cm³/mol. The molecule has 1 aliphatic rings. The van der Waals surface area contributed by atoms with Crippen molar-refractivity contribution in [2.24, 2.45) is 5.92 Å². The predicted octanol–water partition coefficient (Wildman–Crippen LogP) is 2.12. The van der Waals surface area contributed by atoms with Gasteiger partial charge in [0, 0.05) is 11.6 Å². The molecule has 1 heterocycles. The average Bonchev–Trinajstić information content (AvgIpc) is 2.52. The van der Waals surface area contributed by atoms with Crippen LogP contribution in [0.15, 0.2) is 16.9 Å². The zero-order chi connectivity index (χ0) is 8.55. The van der Waals surface area contributed by atoms with Crippen LogP contribution in [0.3, 0.4) is 0 Å². The van der Waals surface area contributed by atoms with E-state index in [0.29, 0.717) is 6.04 Å². The quantitative estimate of drug-likeness (QED) is 0.689. The maximum atomic E-state index is 5.21. The molecule has 1 aromatic rings. The van der Waals surface area contributed by atoms with Gasteiger partial charge in [0.15, 0.2) is 0 Å². The maximum absolute atomic E-state index is 5.21. The first kappa shape index (κ1) is 7.87. The molecule has 2 atom stereocenters. The van der Waals surface area contributed by atoms with Crippen molar-refractivity contribution in [1.29, 1.82) is 0 Å². The Morgan fingerprint density at radius 1 is 1.50 bits per heavy atom. The van der Waals surface area contributed by atoms with E-state index >= 15 is 0 Å². The van der Waals surface area contributed by atoms with Crippen LogP contribution < -0.4 is 5.32 Å². The van der Waals surface area contributed by atoms with Gasteiger partial charge in [0.25, 0.3) is 0 Å². The second-order valence-electron chi connectivity index (χ2n) is 3.63. The van der Waals surface area contributed by atoms with Gasteiger partial charge in [-0.25, -0.2) is 0 Å². The molecule has 2 rings (SSSR count). The van der Waals surface area contributed by atoms with E-state index in [1.807, 2.05) is 19.6 Å². The lowest BCUT2D eigenvalue weighted by molar-refractivity contribution is 0.365. The number of rotatable bonds is 1. The van der Waals surface area contributed by atoms with Gasteiger partial charge in [-0.1, -0.05) is 6.92 Å². The number of fused-ring (bicyclic) bond motifs is 1. The van der Waals surface area contributed by atoms with Crippen molar-refractivity contribution in [3.05, 3.63) is 23.7 Å². The molecule has 0 amide bonds. The molecule has 2 heteroatoms. The van der Waals surface area contributed by atoms with E-state index in [4.69, 9.17) is 4.42 Å². The second kappa shape index (κ2) is 2.94. The zero-order valence-electron chi connectivity index (χ0n) is 7.63. The van der Waals surface area contributed by atoms with Gasteiger partial charge in [-0.05, 0) is 31.4 Å². The molecular weight excluding hydrogens is 150 g/mol. The smallest absolute Gasteiger partial charge is 0.0953 e. The Balaban J connectivity index is 2.34. The van der Waals surface area contributed by atoms with E-state index in [1.165, 1.54) is 24.0 Å². The van der Waals surface area contributed by atoms with Crippen LogP contribution in [0.4, 0.5) is 0 Å². The molecule has 0 fully saturated rings. The fourth-order valence-electron chi connectivity index (χ4n) is 2.11. The van der Waals surface area contributed by atoms with Crippen molar-refractivity contribution in [2.75, 3.05) is 7.05 Å². The zero-order valence-corrected chi connectivity index (χ0v) is 7.63. The molecule has 1 aromatic heterocycles. The van der Waals surface area contributed by atoms with Crippen LogP contribution in [0.25, 0.3) is 0 Å². The van der Waals surface area contributed by atoms with Gasteiger partial charge in [0.1, 0.15) is 0 Å².